The lowest BCUT2D eigenvalue weighted by molar-refractivity contribution is -0.116. The Kier molecular flexibility index (Phi) is 4.45. The Balaban J connectivity index is 1.80. The van der Waals surface area contributed by atoms with Crippen LogP contribution in [0.1, 0.15) is 46.5 Å². The molecule has 1 aliphatic carbocycles. The lowest BCUT2D eigenvalue weighted by Crippen LogP contribution is -2.62. The predicted octanol–water partition coefficient (Wildman–Crippen LogP) is 2.35. The van der Waals surface area contributed by atoms with E-state index in [0.29, 0.717) is 18.2 Å². The maximum atomic E-state index is 5.77. The van der Waals surface area contributed by atoms with Gasteiger partial charge in [0.05, 0.1) is 6.10 Å². The van der Waals surface area contributed by atoms with Gasteiger partial charge < -0.3 is 14.8 Å². The van der Waals surface area contributed by atoms with Crippen molar-refractivity contribution in [2.45, 2.75) is 64.6 Å². The summed E-state index contributed by atoms with van der Waals surface area (Å²) in [6.45, 7) is 9.41. The largest absolute Gasteiger partial charge is 0.381 e. The Labute approximate surface area is 105 Å². The molecule has 3 atom stereocenters. The first-order valence-electron chi connectivity index (χ1n) is 7.10. The molecule has 1 heterocycles. The zero-order valence-electron chi connectivity index (χ0n) is 11.5. The fourth-order valence-electron chi connectivity index (χ4n) is 3.01. The van der Waals surface area contributed by atoms with E-state index in [1.165, 1.54) is 12.8 Å². The van der Waals surface area contributed by atoms with Gasteiger partial charge in [0.25, 0.3) is 0 Å². The monoisotopic (exact) mass is 241 g/mol. The smallest absolute Gasteiger partial charge is 0.0655 e. The molecule has 0 aromatic heterocycles. The second-order valence-electron chi connectivity index (χ2n) is 5.96. The van der Waals surface area contributed by atoms with E-state index in [1.54, 1.807) is 0 Å². The third kappa shape index (κ3) is 3.01. The molecule has 0 amide bonds. The molecule has 2 aliphatic rings. The molecule has 1 saturated carbocycles. The SMILES string of the molecule is CCOC1CC(NC2CCCOCC2)C1(C)C. The molecule has 0 spiro atoms. The number of rotatable bonds is 4. The summed E-state index contributed by atoms with van der Waals surface area (Å²) in [6, 6.07) is 1.26. The van der Waals surface area contributed by atoms with Crippen molar-refractivity contribution in [1.82, 2.24) is 5.32 Å². The Bertz CT molecular complexity index is 234. The van der Waals surface area contributed by atoms with Crippen molar-refractivity contribution in [2.75, 3.05) is 19.8 Å². The fraction of sp³-hybridized carbons (Fsp3) is 1.00. The summed E-state index contributed by atoms with van der Waals surface area (Å²) in [6.07, 6.45) is 5.21. The third-order valence-corrected chi connectivity index (χ3v) is 4.43. The molecule has 17 heavy (non-hydrogen) atoms. The van der Waals surface area contributed by atoms with E-state index in [9.17, 15) is 0 Å². The number of nitrogens with one attached hydrogen (secondary N) is 1. The molecular formula is C14H27NO2. The third-order valence-electron chi connectivity index (χ3n) is 4.43. The van der Waals surface area contributed by atoms with E-state index in [2.05, 4.69) is 26.1 Å². The minimum absolute atomic E-state index is 0.281. The van der Waals surface area contributed by atoms with Crippen LogP contribution in [0.15, 0.2) is 0 Å². The van der Waals surface area contributed by atoms with Crippen molar-refractivity contribution in [3.8, 4) is 0 Å². The second kappa shape index (κ2) is 5.68. The minimum atomic E-state index is 0.281. The molecule has 1 N–H and O–H groups in total. The Morgan fingerprint density at radius 3 is 2.82 bits per heavy atom. The topological polar surface area (TPSA) is 30.5 Å². The van der Waals surface area contributed by atoms with Gasteiger partial charge in [-0.15, -0.1) is 0 Å². The molecule has 0 bridgehead atoms. The second-order valence-corrected chi connectivity index (χ2v) is 5.96. The highest BCUT2D eigenvalue weighted by molar-refractivity contribution is 5.03. The molecule has 2 fully saturated rings. The Morgan fingerprint density at radius 2 is 2.12 bits per heavy atom. The van der Waals surface area contributed by atoms with Gasteiger partial charge in [-0.25, -0.2) is 0 Å². The molecule has 0 radical (unpaired) electrons. The van der Waals surface area contributed by atoms with Gasteiger partial charge in [0.2, 0.25) is 0 Å². The lowest BCUT2D eigenvalue weighted by atomic mass is 9.64. The summed E-state index contributed by atoms with van der Waals surface area (Å²) in [5.74, 6) is 0. The Hall–Kier alpha value is -0.120. The quantitative estimate of drug-likeness (QED) is 0.819. The highest BCUT2D eigenvalue weighted by Gasteiger charge is 2.49. The molecule has 0 aromatic carbocycles. The number of hydrogen-bond acceptors (Lipinski definition) is 3. The van der Waals surface area contributed by atoms with Gasteiger partial charge in [0, 0.05) is 37.3 Å². The van der Waals surface area contributed by atoms with E-state index in [0.717, 1.165) is 32.7 Å². The predicted molar refractivity (Wildman–Crippen MR) is 69.2 cm³/mol. The molecule has 2 rings (SSSR count). The average Bonchev–Trinajstić information content (AvgIpc) is 2.56. The fourth-order valence-corrected chi connectivity index (χ4v) is 3.01. The zero-order valence-corrected chi connectivity index (χ0v) is 11.5. The van der Waals surface area contributed by atoms with Gasteiger partial charge in [-0.3, -0.25) is 0 Å². The van der Waals surface area contributed by atoms with E-state index in [-0.39, 0.29) is 5.41 Å². The van der Waals surface area contributed by atoms with Crippen LogP contribution in [-0.2, 0) is 9.47 Å². The lowest BCUT2D eigenvalue weighted by Gasteiger charge is -2.53. The van der Waals surface area contributed by atoms with Crippen LogP contribution in [0.3, 0.4) is 0 Å². The van der Waals surface area contributed by atoms with Gasteiger partial charge in [-0.1, -0.05) is 13.8 Å². The first kappa shape index (κ1) is 13.3. The first-order chi connectivity index (χ1) is 8.14. The minimum Gasteiger partial charge on any atom is -0.381 e. The maximum Gasteiger partial charge on any atom is 0.0655 e. The number of ether oxygens (including phenoxy) is 2. The summed E-state index contributed by atoms with van der Waals surface area (Å²) in [4.78, 5) is 0. The molecule has 0 aromatic rings. The van der Waals surface area contributed by atoms with Crippen LogP contribution in [0.4, 0.5) is 0 Å². The van der Waals surface area contributed by atoms with Crippen LogP contribution in [0.25, 0.3) is 0 Å². The van der Waals surface area contributed by atoms with Crippen molar-refractivity contribution < 1.29 is 9.47 Å². The normalized spacial score (nSPS) is 37.2. The van der Waals surface area contributed by atoms with Gasteiger partial charge >= 0.3 is 0 Å². The summed E-state index contributed by atoms with van der Waals surface area (Å²) in [5, 5.41) is 3.81. The maximum absolute atomic E-state index is 5.77. The molecule has 100 valence electrons. The Morgan fingerprint density at radius 1 is 1.29 bits per heavy atom. The highest BCUT2D eigenvalue weighted by atomic mass is 16.5. The van der Waals surface area contributed by atoms with Crippen LogP contribution in [-0.4, -0.2) is 38.0 Å². The average molecular weight is 241 g/mol. The van der Waals surface area contributed by atoms with Crippen molar-refractivity contribution in [3.63, 3.8) is 0 Å². The summed E-state index contributed by atoms with van der Waals surface area (Å²) < 4.78 is 11.3. The van der Waals surface area contributed by atoms with E-state index < -0.39 is 0 Å². The molecule has 1 saturated heterocycles. The van der Waals surface area contributed by atoms with E-state index in [1.807, 2.05) is 0 Å². The molecular weight excluding hydrogens is 214 g/mol. The first-order valence-corrected chi connectivity index (χ1v) is 7.10. The summed E-state index contributed by atoms with van der Waals surface area (Å²) in [5.41, 5.74) is 0.281. The van der Waals surface area contributed by atoms with Crippen LogP contribution in [0.2, 0.25) is 0 Å². The van der Waals surface area contributed by atoms with Crippen molar-refractivity contribution in [1.29, 1.82) is 0 Å². The van der Waals surface area contributed by atoms with Crippen LogP contribution in [0.5, 0.6) is 0 Å². The van der Waals surface area contributed by atoms with E-state index in [4.69, 9.17) is 9.47 Å². The molecule has 3 unspecified atom stereocenters. The zero-order chi connectivity index (χ0) is 12.3. The van der Waals surface area contributed by atoms with Crippen LogP contribution >= 0.6 is 0 Å². The van der Waals surface area contributed by atoms with Crippen LogP contribution < -0.4 is 5.32 Å². The summed E-state index contributed by atoms with van der Waals surface area (Å²) >= 11 is 0. The summed E-state index contributed by atoms with van der Waals surface area (Å²) in [7, 11) is 0. The highest BCUT2D eigenvalue weighted by Crippen LogP contribution is 2.43. The molecule has 3 nitrogen and oxygen atoms in total. The molecule has 1 aliphatic heterocycles. The number of hydrogen-bond donors (Lipinski definition) is 1. The van der Waals surface area contributed by atoms with Crippen LogP contribution in [0, 0.1) is 5.41 Å². The van der Waals surface area contributed by atoms with Gasteiger partial charge in [-0.05, 0) is 32.6 Å². The van der Waals surface area contributed by atoms with Gasteiger partial charge in [0.15, 0.2) is 0 Å². The van der Waals surface area contributed by atoms with Crippen molar-refractivity contribution >= 4 is 0 Å². The van der Waals surface area contributed by atoms with Crippen molar-refractivity contribution in [3.05, 3.63) is 0 Å². The van der Waals surface area contributed by atoms with Gasteiger partial charge in [0.1, 0.15) is 0 Å². The van der Waals surface area contributed by atoms with Gasteiger partial charge in [-0.2, -0.15) is 0 Å². The standard InChI is InChI=1S/C14H27NO2/c1-4-17-13-10-12(14(13,2)3)15-11-6-5-8-16-9-7-11/h11-13,15H,4-10H2,1-3H3. The molecule has 3 heteroatoms. The van der Waals surface area contributed by atoms with Crippen molar-refractivity contribution in [2.24, 2.45) is 5.41 Å². The van der Waals surface area contributed by atoms with E-state index >= 15 is 0 Å².